The summed E-state index contributed by atoms with van der Waals surface area (Å²) in [5, 5.41) is 8.86. The van der Waals surface area contributed by atoms with E-state index in [1.54, 1.807) is 17.8 Å². The average Bonchev–Trinajstić information content (AvgIpc) is 3.23. The van der Waals surface area contributed by atoms with Crippen molar-refractivity contribution in [1.29, 1.82) is 0 Å². The van der Waals surface area contributed by atoms with E-state index in [4.69, 9.17) is 9.47 Å². The number of nitrogens with zero attached hydrogens (tertiary/aromatic N) is 5. The number of halogens is 1. The highest BCUT2D eigenvalue weighted by atomic mass is 19.1. The lowest BCUT2D eigenvalue weighted by Gasteiger charge is -2.42. The number of nitrogens with one attached hydrogen (secondary N) is 1. The van der Waals surface area contributed by atoms with Crippen LogP contribution in [0.5, 0.6) is 5.88 Å². The van der Waals surface area contributed by atoms with Crippen LogP contribution in [0.25, 0.3) is 27.5 Å². The second-order valence-electron chi connectivity index (χ2n) is 8.62. The molecule has 8 nitrogen and oxygen atoms in total. The van der Waals surface area contributed by atoms with Crippen LogP contribution >= 0.6 is 0 Å². The van der Waals surface area contributed by atoms with Crippen LogP contribution in [0, 0.1) is 0 Å². The number of hydrogen-bond acceptors (Lipinski definition) is 7. The Labute approximate surface area is 190 Å². The standard InChI is InChI=1S/C24H25FN6O2/c1-32-23-22-18(15-4-5-20-16(11-15)3-2-8-26-20)6-10-31(22)29-24(28-23)27-21-7-9-30(12-19(21)25)17-13-33-14-17/h2-6,8,10-11,17,19,21H,7,9,12-14H2,1H3,(H,27,29)/t19-,21-/m1/s1. The minimum atomic E-state index is -1.00. The maximum atomic E-state index is 14.9. The summed E-state index contributed by atoms with van der Waals surface area (Å²) in [4.78, 5) is 11.1. The molecule has 0 saturated carbocycles. The molecule has 9 heteroatoms. The minimum Gasteiger partial charge on any atom is -0.479 e. The fourth-order valence-electron chi connectivity index (χ4n) is 4.69. The lowest BCUT2D eigenvalue weighted by atomic mass is 10.0. The van der Waals surface area contributed by atoms with E-state index in [-0.39, 0.29) is 6.04 Å². The molecule has 3 aromatic heterocycles. The fraction of sp³-hybridized carbons (Fsp3) is 0.375. The number of ether oxygens (including phenoxy) is 2. The summed E-state index contributed by atoms with van der Waals surface area (Å²) in [6, 6.07) is 12.1. The maximum Gasteiger partial charge on any atom is 0.244 e. The van der Waals surface area contributed by atoms with Gasteiger partial charge in [0.15, 0.2) is 0 Å². The minimum absolute atomic E-state index is 0.340. The van der Waals surface area contributed by atoms with E-state index in [1.807, 2.05) is 36.5 Å². The van der Waals surface area contributed by atoms with Crippen molar-refractivity contribution in [3.63, 3.8) is 0 Å². The summed E-state index contributed by atoms with van der Waals surface area (Å²) in [7, 11) is 1.59. The van der Waals surface area contributed by atoms with Crippen molar-refractivity contribution in [2.75, 3.05) is 38.7 Å². The molecule has 1 aromatic carbocycles. The van der Waals surface area contributed by atoms with Gasteiger partial charge in [0.25, 0.3) is 0 Å². The van der Waals surface area contributed by atoms with Crippen molar-refractivity contribution in [2.24, 2.45) is 0 Å². The lowest BCUT2D eigenvalue weighted by Crippen LogP contribution is -2.57. The van der Waals surface area contributed by atoms with Gasteiger partial charge in [0.05, 0.1) is 37.9 Å². The SMILES string of the molecule is COc1nc(N[C@@H]2CCN(C3COC3)C[C@H]2F)nn2ccc(-c3ccc4ncccc4c3)c12. The molecule has 0 unspecified atom stereocenters. The normalized spacial score (nSPS) is 21.9. The zero-order valence-electron chi connectivity index (χ0n) is 18.3. The molecule has 5 heterocycles. The van der Waals surface area contributed by atoms with Crippen LogP contribution in [0.4, 0.5) is 10.3 Å². The zero-order chi connectivity index (χ0) is 22.4. The molecule has 2 atom stereocenters. The second kappa shape index (κ2) is 8.24. The Morgan fingerprint density at radius 3 is 2.91 bits per heavy atom. The molecule has 2 aliphatic rings. The number of anilines is 1. The Morgan fingerprint density at radius 1 is 1.21 bits per heavy atom. The molecule has 0 radical (unpaired) electrons. The number of benzene rings is 1. The first-order valence-electron chi connectivity index (χ1n) is 11.2. The molecule has 0 aliphatic carbocycles. The van der Waals surface area contributed by atoms with E-state index in [2.05, 4.69) is 31.3 Å². The summed E-state index contributed by atoms with van der Waals surface area (Å²) in [6.07, 6.45) is 3.34. The Kier molecular flexibility index (Phi) is 5.07. The largest absolute Gasteiger partial charge is 0.479 e. The van der Waals surface area contributed by atoms with Crippen molar-refractivity contribution in [1.82, 2.24) is 24.5 Å². The number of likely N-dealkylation sites (tertiary alicyclic amines) is 1. The van der Waals surface area contributed by atoms with Crippen LogP contribution in [0.15, 0.2) is 48.8 Å². The van der Waals surface area contributed by atoms with Crippen LogP contribution in [0.1, 0.15) is 6.42 Å². The number of hydrogen-bond donors (Lipinski definition) is 1. The van der Waals surface area contributed by atoms with E-state index >= 15 is 0 Å². The summed E-state index contributed by atoms with van der Waals surface area (Å²) in [5.41, 5.74) is 3.69. The Balaban J connectivity index is 1.28. The Morgan fingerprint density at radius 2 is 2.12 bits per heavy atom. The molecule has 2 aliphatic heterocycles. The number of alkyl halides is 1. The lowest BCUT2D eigenvalue weighted by molar-refractivity contribution is -0.0794. The van der Waals surface area contributed by atoms with E-state index in [9.17, 15) is 4.39 Å². The first kappa shape index (κ1) is 20.3. The second-order valence-corrected chi connectivity index (χ2v) is 8.62. The molecule has 0 amide bonds. The van der Waals surface area contributed by atoms with Crippen LogP contribution in [0.3, 0.4) is 0 Å². The molecule has 6 rings (SSSR count). The Bertz CT molecular complexity index is 1310. The van der Waals surface area contributed by atoms with E-state index in [1.165, 1.54) is 0 Å². The van der Waals surface area contributed by atoms with E-state index in [0.29, 0.717) is 44.0 Å². The van der Waals surface area contributed by atoms with Gasteiger partial charge in [0.2, 0.25) is 11.8 Å². The van der Waals surface area contributed by atoms with Gasteiger partial charge in [-0.2, -0.15) is 4.98 Å². The van der Waals surface area contributed by atoms with Crippen molar-refractivity contribution in [3.05, 3.63) is 48.8 Å². The predicted octanol–water partition coefficient (Wildman–Crippen LogP) is 3.18. The van der Waals surface area contributed by atoms with Crippen molar-refractivity contribution >= 4 is 22.4 Å². The zero-order valence-corrected chi connectivity index (χ0v) is 18.3. The first-order chi connectivity index (χ1) is 16.2. The van der Waals surface area contributed by atoms with Crippen molar-refractivity contribution in [2.45, 2.75) is 24.7 Å². The maximum absolute atomic E-state index is 14.9. The molecule has 170 valence electrons. The highest BCUT2D eigenvalue weighted by molar-refractivity contribution is 5.90. The third-order valence-corrected chi connectivity index (χ3v) is 6.61. The van der Waals surface area contributed by atoms with E-state index < -0.39 is 6.17 Å². The fourth-order valence-corrected chi connectivity index (χ4v) is 4.69. The van der Waals surface area contributed by atoms with Gasteiger partial charge in [-0.3, -0.25) is 9.88 Å². The molecule has 2 saturated heterocycles. The van der Waals surface area contributed by atoms with Gasteiger partial charge in [0.1, 0.15) is 11.7 Å². The highest BCUT2D eigenvalue weighted by Gasteiger charge is 2.35. The molecule has 33 heavy (non-hydrogen) atoms. The topological polar surface area (TPSA) is 76.8 Å². The third-order valence-electron chi connectivity index (χ3n) is 6.61. The van der Waals surface area contributed by atoms with Crippen LogP contribution in [0.2, 0.25) is 0 Å². The summed E-state index contributed by atoms with van der Waals surface area (Å²) in [5.74, 6) is 0.801. The van der Waals surface area contributed by atoms with Gasteiger partial charge in [-0.15, -0.1) is 5.10 Å². The van der Waals surface area contributed by atoms with Crippen molar-refractivity contribution < 1.29 is 13.9 Å². The molecule has 0 spiro atoms. The van der Waals surface area contributed by atoms with Gasteiger partial charge in [-0.1, -0.05) is 12.1 Å². The summed E-state index contributed by atoms with van der Waals surface area (Å²) >= 11 is 0. The van der Waals surface area contributed by atoms with Crippen molar-refractivity contribution in [3.8, 4) is 17.0 Å². The number of rotatable bonds is 5. The van der Waals surface area contributed by atoms with Gasteiger partial charge in [0, 0.05) is 36.4 Å². The highest BCUT2D eigenvalue weighted by Crippen LogP contribution is 2.33. The summed E-state index contributed by atoms with van der Waals surface area (Å²) < 4.78 is 27.5. The van der Waals surface area contributed by atoms with Crippen LogP contribution < -0.4 is 10.1 Å². The number of methoxy groups -OCH3 is 1. The number of fused-ring (bicyclic) bond motifs is 2. The number of piperidine rings is 1. The van der Waals surface area contributed by atoms with Gasteiger partial charge >= 0.3 is 0 Å². The van der Waals surface area contributed by atoms with Gasteiger partial charge in [-0.25, -0.2) is 8.91 Å². The molecule has 4 aromatic rings. The first-order valence-corrected chi connectivity index (χ1v) is 11.2. The quantitative estimate of drug-likeness (QED) is 0.503. The molecule has 2 fully saturated rings. The predicted molar refractivity (Wildman–Crippen MR) is 123 cm³/mol. The molecule has 0 bridgehead atoms. The smallest absolute Gasteiger partial charge is 0.244 e. The Hall–Kier alpha value is -3.30. The number of aromatic nitrogens is 4. The molecular weight excluding hydrogens is 423 g/mol. The third kappa shape index (κ3) is 3.67. The molecule has 1 N–H and O–H groups in total. The van der Waals surface area contributed by atoms with Crippen LogP contribution in [-0.4, -0.2) is 76.2 Å². The van der Waals surface area contributed by atoms with Crippen LogP contribution in [-0.2, 0) is 4.74 Å². The monoisotopic (exact) mass is 448 g/mol. The van der Waals surface area contributed by atoms with Gasteiger partial charge < -0.3 is 14.8 Å². The molecular formula is C24H25FN6O2. The summed E-state index contributed by atoms with van der Waals surface area (Å²) in [6.45, 7) is 2.63. The van der Waals surface area contributed by atoms with E-state index in [0.717, 1.165) is 34.1 Å². The number of pyridine rings is 1. The average molecular weight is 449 g/mol. The van der Waals surface area contributed by atoms with Gasteiger partial charge in [-0.05, 0) is 36.2 Å².